The molecule has 0 aliphatic rings. The van der Waals surface area contributed by atoms with Crippen LogP contribution in [0.1, 0.15) is 17.3 Å². The van der Waals surface area contributed by atoms with E-state index in [1.165, 1.54) is 32.2 Å². The Hall–Kier alpha value is -3.20. The number of ether oxygens (including phenoxy) is 2. The van der Waals surface area contributed by atoms with Crippen LogP contribution in [-0.4, -0.2) is 30.0 Å². The molecular formula is C17H14ClFN2O6. The highest BCUT2D eigenvalue weighted by atomic mass is 35.5. The number of benzene rings is 2. The fraction of sp³-hybridized carbons (Fsp3) is 0.176. The number of non-ortho nitro benzene ring substituents is 1. The Kier molecular flexibility index (Phi) is 6.30. The number of nitro benzene ring substituents is 1. The summed E-state index contributed by atoms with van der Waals surface area (Å²) < 4.78 is 23.1. The zero-order chi connectivity index (χ0) is 20.1. The molecule has 0 aliphatic heterocycles. The Morgan fingerprint density at radius 1 is 1.26 bits per heavy atom. The minimum absolute atomic E-state index is 0.0257. The largest absolute Gasteiger partial charge is 0.496 e. The van der Waals surface area contributed by atoms with E-state index < -0.39 is 28.7 Å². The first-order chi connectivity index (χ1) is 12.7. The molecule has 2 aromatic carbocycles. The zero-order valence-electron chi connectivity index (χ0n) is 14.2. The van der Waals surface area contributed by atoms with Gasteiger partial charge in [0.05, 0.1) is 22.7 Å². The van der Waals surface area contributed by atoms with E-state index in [9.17, 15) is 24.1 Å². The van der Waals surface area contributed by atoms with Crippen molar-refractivity contribution in [2.75, 3.05) is 12.4 Å². The maximum Gasteiger partial charge on any atom is 0.342 e. The summed E-state index contributed by atoms with van der Waals surface area (Å²) in [6, 6.07) is 6.78. The first-order valence-electron chi connectivity index (χ1n) is 7.52. The number of hydrogen-bond donors (Lipinski definition) is 1. The van der Waals surface area contributed by atoms with Crippen molar-refractivity contribution in [2.24, 2.45) is 0 Å². The molecule has 2 rings (SSSR count). The van der Waals surface area contributed by atoms with Crippen LogP contribution < -0.4 is 10.1 Å². The highest BCUT2D eigenvalue weighted by Crippen LogP contribution is 2.26. The molecule has 8 nitrogen and oxygen atoms in total. The average Bonchev–Trinajstić information content (AvgIpc) is 2.63. The standard InChI is InChI=1S/C17H14ClFN2O6/c1-9(16(22)20-14-5-3-10(19)7-13(14)18)27-17(23)12-8-11(21(24)25)4-6-15(12)26-2/h3-9H,1-2H3,(H,20,22). The van der Waals surface area contributed by atoms with Gasteiger partial charge in [0.15, 0.2) is 6.10 Å². The summed E-state index contributed by atoms with van der Waals surface area (Å²) in [5, 5.41) is 13.2. The lowest BCUT2D eigenvalue weighted by Gasteiger charge is -2.15. The molecule has 1 atom stereocenters. The number of carbonyl (C=O) groups excluding carboxylic acids is 2. The molecule has 10 heteroatoms. The molecule has 27 heavy (non-hydrogen) atoms. The number of carbonyl (C=O) groups is 2. The number of nitrogens with one attached hydrogen (secondary N) is 1. The molecule has 0 spiro atoms. The summed E-state index contributed by atoms with van der Waals surface area (Å²) in [6.45, 7) is 1.30. The van der Waals surface area contributed by atoms with Crippen LogP contribution in [0.2, 0.25) is 5.02 Å². The van der Waals surface area contributed by atoms with Crippen LogP contribution in [0.5, 0.6) is 5.75 Å². The van der Waals surface area contributed by atoms with Gasteiger partial charge in [0.2, 0.25) is 0 Å². The van der Waals surface area contributed by atoms with Gasteiger partial charge in [-0.05, 0) is 31.2 Å². The Morgan fingerprint density at radius 3 is 2.56 bits per heavy atom. The molecule has 142 valence electrons. The van der Waals surface area contributed by atoms with Gasteiger partial charge in [-0.15, -0.1) is 0 Å². The van der Waals surface area contributed by atoms with Crippen molar-refractivity contribution in [3.8, 4) is 5.75 Å². The number of nitrogens with zero attached hydrogens (tertiary/aromatic N) is 1. The highest BCUT2D eigenvalue weighted by Gasteiger charge is 2.24. The lowest BCUT2D eigenvalue weighted by atomic mass is 10.1. The van der Waals surface area contributed by atoms with E-state index >= 15 is 0 Å². The van der Waals surface area contributed by atoms with Crippen LogP contribution in [0.15, 0.2) is 36.4 Å². The van der Waals surface area contributed by atoms with E-state index in [2.05, 4.69) is 5.32 Å². The van der Waals surface area contributed by atoms with E-state index in [1.807, 2.05) is 0 Å². The molecule has 0 bridgehead atoms. The third-order valence-corrected chi connectivity index (χ3v) is 3.77. The zero-order valence-corrected chi connectivity index (χ0v) is 15.0. The Morgan fingerprint density at radius 2 is 1.96 bits per heavy atom. The molecule has 0 radical (unpaired) electrons. The number of esters is 1. The minimum atomic E-state index is -1.26. The van der Waals surface area contributed by atoms with Gasteiger partial charge in [0, 0.05) is 12.1 Å². The molecule has 0 fully saturated rings. The molecular weight excluding hydrogens is 383 g/mol. The van der Waals surface area contributed by atoms with Crippen LogP contribution in [0.4, 0.5) is 15.8 Å². The smallest absolute Gasteiger partial charge is 0.342 e. The maximum absolute atomic E-state index is 13.0. The summed E-state index contributed by atoms with van der Waals surface area (Å²) >= 11 is 5.82. The van der Waals surface area contributed by atoms with E-state index in [-0.39, 0.29) is 27.7 Å². The molecule has 0 aromatic heterocycles. The molecule has 1 unspecified atom stereocenters. The Bertz CT molecular complexity index is 905. The van der Waals surface area contributed by atoms with Gasteiger partial charge in [-0.25, -0.2) is 9.18 Å². The van der Waals surface area contributed by atoms with Crippen LogP contribution in [-0.2, 0) is 9.53 Å². The van der Waals surface area contributed by atoms with Crippen LogP contribution in [0.3, 0.4) is 0 Å². The van der Waals surface area contributed by atoms with Crippen molar-refractivity contribution >= 4 is 34.9 Å². The maximum atomic E-state index is 13.0. The fourth-order valence-electron chi connectivity index (χ4n) is 2.07. The van der Waals surface area contributed by atoms with Gasteiger partial charge in [0.25, 0.3) is 11.6 Å². The highest BCUT2D eigenvalue weighted by molar-refractivity contribution is 6.33. The number of methoxy groups -OCH3 is 1. The first-order valence-corrected chi connectivity index (χ1v) is 7.90. The van der Waals surface area contributed by atoms with E-state index in [0.29, 0.717) is 0 Å². The molecule has 2 aromatic rings. The van der Waals surface area contributed by atoms with Crippen molar-refractivity contribution in [3.63, 3.8) is 0 Å². The van der Waals surface area contributed by atoms with Crippen molar-refractivity contribution in [3.05, 3.63) is 62.9 Å². The van der Waals surface area contributed by atoms with E-state index in [0.717, 1.165) is 18.2 Å². The fourth-order valence-corrected chi connectivity index (χ4v) is 2.29. The van der Waals surface area contributed by atoms with Gasteiger partial charge >= 0.3 is 5.97 Å². The normalized spacial score (nSPS) is 11.4. The topological polar surface area (TPSA) is 108 Å². The van der Waals surface area contributed by atoms with Crippen molar-refractivity contribution in [1.29, 1.82) is 0 Å². The Balaban J connectivity index is 2.13. The second kappa shape index (κ2) is 8.45. The number of halogens is 2. The monoisotopic (exact) mass is 396 g/mol. The van der Waals surface area contributed by atoms with Crippen molar-refractivity contribution < 1.29 is 28.4 Å². The summed E-state index contributed by atoms with van der Waals surface area (Å²) in [6.07, 6.45) is -1.26. The average molecular weight is 397 g/mol. The number of amides is 1. The molecule has 0 saturated heterocycles. The number of rotatable bonds is 6. The first kappa shape index (κ1) is 20.1. The minimum Gasteiger partial charge on any atom is -0.496 e. The van der Waals surface area contributed by atoms with Gasteiger partial charge < -0.3 is 14.8 Å². The molecule has 0 aliphatic carbocycles. The predicted molar refractivity (Wildman–Crippen MR) is 94.6 cm³/mol. The van der Waals surface area contributed by atoms with Gasteiger partial charge in [-0.1, -0.05) is 11.6 Å². The quantitative estimate of drug-likeness (QED) is 0.454. The third-order valence-electron chi connectivity index (χ3n) is 3.46. The van der Waals surface area contributed by atoms with Gasteiger partial charge in [0.1, 0.15) is 17.1 Å². The van der Waals surface area contributed by atoms with Crippen LogP contribution in [0.25, 0.3) is 0 Å². The number of hydrogen-bond acceptors (Lipinski definition) is 6. The SMILES string of the molecule is COc1ccc([N+](=O)[O-])cc1C(=O)OC(C)C(=O)Nc1ccc(F)cc1Cl. The van der Waals surface area contributed by atoms with Gasteiger partial charge in [-0.3, -0.25) is 14.9 Å². The van der Waals surface area contributed by atoms with E-state index in [1.54, 1.807) is 0 Å². The molecule has 1 N–H and O–H groups in total. The second-order valence-corrected chi connectivity index (χ2v) is 5.71. The predicted octanol–water partition coefficient (Wildman–Crippen LogP) is 3.58. The summed E-state index contributed by atoms with van der Waals surface area (Å²) in [7, 11) is 1.28. The summed E-state index contributed by atoms with van der Waals surface area (Å²) in [5.74, 6) is -2.22. The summed E-state index contributed by atoms with van der Waals surface area (Å²) in [4.78, 5) is 34.7. The number of anilines is 1. The van der Waals surface area contributed by atoms with Gasteiger partial charge in [-0.2, -0.15) is 0 Å². The number of nitro groups is 1. The van der Waals surface area contributed by atoms with Crippen molar-refractivity contribution in [2.45, 2.75) is 13.0 Å². The molecule has 1 amide bonds. The van der Waals surface area contributed by atoms with Crippen LogP contribution >= 0.6 is 11.6 Å². The lowest BCUT2D eigenvalue weighted by molar-refractivity contribution is -0.384. The third kappa shape index (κ3) is 4.91. The molecule has 0 heterocycles. The van der Waals surface area contributed by atoms with Crippen LogP contribution in [0, 0.1) is 15.9 Å². The lowest BCUT2D eigenvalue weighted by Crippen LogP contribution is -2.30. The Labute approximate surface area is 158 Å². The van der Waals surface area contributed by atoms with E-state index in [4.69, 9.17) is 21.1 Å². The second-order valence-electron chi connectivity index (χ2n) is 5.30. The summed E-state index contributed by atoms with van der Waals surface area (Å²) in [5.41, 5.74) is -0.400. The van der Waals surface area contributed by atoms with Crippen molar-refractivity contribution in [1.82, 2.24) is 0 Å². The molecule has 0 saturated carbocycles.